The lowest BCUT2D eigenvalue weighted by Gasteiger charge is -2.10. The maximum Gasteiger partial charge on any atom is 0.319 e. The van der Waals surface area contributed by atoms with Crippen LogP contribution in [0.3, 0.4) is 0 Å². The van der Waals surface area contributed by atoms with Gasteiger partial charge in [-0.2, -0.15) is 0 Å². The first-order chi connectivity index (χ1) is 9.52. The van der Waals surface area contributed by atoms with E-state index >= 15 is 0 Å². The smallest absolute Gasteiger partial charge is 0.319 e. The Kier molecular flexibility index (Phi) is 4.24. The predicted octanol–water partition coefficient (Wildman–Crippen LogP) is 3.26. The summed E-state index contributed by atoms with van der Waals surface area (Å²) in [5, 5.41) is 12.5. The number of amides is 2. The Bertz CT molecular complexity index is 575. The summed E-state index contributed by atoms with van der Waals surface area (Å²) in [7, 11) is 0. The molecule has 6 heteroatoms. The number of hydrogen-bond donors (Lipinski definition) is 3. The summed E-state index contributed by atoms with van der Waals surface area (Å²) in [6.07, 6.45) is 0. The van der Waals surface area contributed by atoms with Crippen LogP contribution >= 0.6 is 0 Å². The van der Waals surface area contributed by atoms with Crippen LogP contribution in [0, 0.1) is 6.92 Å². The molecule has 0 spiro atoms. The SMILES string of the molecule is Cc1cc(Nc2ccc(NC(=O)NC(C)C)cc2)no1. The van der Waals surface area contributed by atoms with Crippen LogP contribution < -0.4 is 16.0 Å². The van der Waals surface area contributed by atoms with Gasteiger partial charge in [-0.25, -0.2) is 4.79 Å². The number of anilines is 3. The highest BCUT2D eigenvalue weighted by atomic mass is 16.5. The summed E-state index contributed by atoms with van der Waals surface area (Å²) in [5.41, 5.74) is 1.60. The molecule has 3 N–H and O–H groups in total. The molecule has 106 valence electrons. The van der Waals surface area contributed by atoms with Crippen molar-refractivity contribution in [2.75, 3.05) is 10.6 Å². The maximum absolute atomic E-state index is 11.5. The summed E-state index contributed by atoms with van der Waals surface area (Å²) in [6.45, 7) is 5.65. The van der Waals surface area contributed by atoms with Crippen molar-refractivity contribution in [3.63, 3.8) is 0 Å². The normalized spacial score (nSPS) is 10.4. The zero-order valence-corrected chi connectivity index (χ0v) is 11.7. The van der Waals surface area contributed by atoms with Crippen molar-refractivity contribution in [1.82, 2.24) is 10.5 Å². The van der Waals surface area contributed by atoms with Gasteiger partial charge in [-0.3, -0.25) is 0 Å². The van der Waals surface area contributed by atoms with Crippen LogP contribution in [0.25, 0.3) is 0 Å². The van der Waals surface area contributed by atoms with Gasteiger partial charge < -0.3 is 20.5 Å². The van der Waals surface area contributed by atoms with E-state index in [1.54, 1.807) is 0 Å². The van der Waals surface area contributed by atoms with Crippen molar-refractivity contribution >= 4 is 23.2 Å². The molecular formula is C14H18N4O2. The highest BCUT2D eigenvalue weighted by molar-refractivity contribution is 5.89. The fourth-order valence-corrected chi connectivity index (χ4v) is 1.64. The van der Waals surface area contributed by atoms with Crippen molar-refractivity contribution in [2.24, 2.45) is 0 Å². The number of hydrogen-bond acceptors (Lipinski definition) is 4. The van der Waals surface area contributed by atoms with Gasteiger partial charge in [0.15, 0.2) is 5.82 Å². The summed E-state index contributed by atoms with van der Waals surface area (Å²) >= 11 is 0. The number of carbonyl (C=O) groups is 1. The number of aryl methyl sites for hydroxylation is 1. The van der Waals surface area contributed by atoms with Gasteiger partial charge in [-0.1, -0.05) is 5.16 Å². The molecular weight excluding hydrogens is 256 g/mol. The second-order valence-electron chi connectivity index (χ2n) is 4.78. The number of nitrogens with zero attached hydrogens (tertiary/aromatic N) is 1. The molecule has 1 aromatic heterocycles. The molecule has 1 aromatic carbocycles. The second-order valence-corrected chi connectivity index (χ2v) is 4.78. The van der Waals surface area contributed by atoms with Crippen LogP contribution in [-0.4, -0.2) is 17.2 Å². The Labute approximate surface area is 117 Å². The van der Waals surface area contributed by atoms with E-state index in [1.165, 1.54) is 0 Å². The first-order valence-corrected chi connectivity index (χ1v) is 6.41. The zero-order chi connectivity index (χ0) is 14.5. The quantitative estimate of drug-likeness (QED) is 0.799. The number of benzene rings is 1. The molecule has 0 aliphatic carbocycles. The lowest BCUT2D eigenvalue weighted by Crippen LogP contribution is -2.34. The van der Waals surface area contributed by atoms with Crippen LogP contribution in [0.2, 0.25) is 0 Å². The highest BCUT2D eigenvalue weighted by Gasteiger charge is 2.04. The van der Waals surface area contributed by atoms with Gasteiger partial charge in [-0.15, -0.1) is 0 Å². The van der Waals surface area contributed by atoms with Gasteiger partial charge >= 0.3 is 6.03 Å². The third-order valence-electron chi connectivity index (χ3n) is 2.46. The largest absolute Gasteiger partial charge is 0.360 e. The average molecular weight is 274 g/mol. The van der Waals surface area contributed by atoms with Gasteiger partial charge in [0.1, 0.15) is 5.76 Å². The van der Waals surface area contributed by atoms with Crippen LogP contribution in [0.15, 0.2) is 34.9 Å². The summed E-state index contributed by atoms with van der Waals surface area (Å²) in [6, 6.07) is 9.04. The second kappa shape index (κ2) is 6.10. The molecule has 2 amide bonds. The van der Waals surface area contributed by atoms with Gasteiger partial charge in [-0.05, 0) is 45.0 Å². The highest BCUT2D eigenvalue weighted by Crippen LogP contribution is 2.18. The zero-order valence-electron chi connectivity index (χ0n) is 11.7. The maximum atomic E-state index is 11.5. The molecule has 0 fully saturated rings. The lowest BCUT2D eigenvalue weighted by molar-refractivity contribution is 0.250. The molecule has 20 heavy (non-hydrogen) atoms. The number of aromatic nitrogens is 1. The number of nitrogens with one attached hydrogen (secondary N) is 3. The molecule has 0 saturated heterocycles. The third kappa shape index (κ3) is 4.01. The minimum atomic E-state index is -0.215. The first kappa shape index (κ1) is 13.9. The van der Waals surface area contributed by atoms with Crippen LogP contribution in [0.4, 0.5) is 22.0 Å². The number of carbonyl (C=O) groups excluding carboxylic acids is 1. The Balaban J connectivity index is 1.94. The summed E-state index contributed by atoms with van der Waals surface area (Å²) in [4.78, 5) is 11.5. The predicted molar refractivity (Wildman–Crippen MR) is 78.3 cm³/mol. The van der Waals surface area contributed by atoms with E-state index in [-0.39, 0.29) is 12.1 Å². The van der Waals surface area contributed by atoms with Crippen LogP contribution in [0.1, 0.15) is 19.6 Å². The van der Waals surface area contributed by atoms with E-state index in [1.807, 2.05) is 51.1 Å². The minimum Gasteiger partial charge on any atom is -0.360 e. The molecule has 6 nitrogen and oxygen atoms in total. The fraction of sp³-hybridized carbons (Fsp3) is 0.286. The molecule has 0 radical (unpaired) electrons. The topological polar surface area (TPSA) is 79.2 Å². The standard InChI is InChI=1S/C14H18N4O2/c1-9(2)15-14(19)17-12-6-4-11(5-7-12)16-13-8-10(3)20-18-13/h4-9H,1-3H3,(H,16,18)(H2,15,17,19). The van der Waals surface area contributed by atoms with Crippen molar-refractivity contribution in [3.05, 3.63) is 36.1 Å². The first-order valence-electron chi connectivity index (χ1n) is 6.41. The van der Waals surface area contributed by atoms with Gasteiger partial charge in [0, 0.05) is 23.5 Å². The van der Waals surface area contributed by atoms with Gasteiger partial charge in [0.05, 0.1) is 0 Å². The summed E-state index contributed by atoms with van der Waals surface area (Å²) in [5.74, 6) is 1.40. The molecule has 0 bridgehead atoms. The molecule has 2 aromatic rings. The van der Waals surface area contributed by atoms with Crippen LogP contribution in [-0.2, 0) is 0 Å². The molecule has 0 aliphatic rings. The fourth-order valence-electron chi connectivity index (χ4n) is 1.64. The van der Waals surface area contributed by atoms with E-state index in [0.717, 1.165) is 17.1 Å². The van der Waals surface area contributed by atoms with Gasteiger partial charge in [0.2, 0.25) is 0 Å². The minimum absolute atomic E-state index is 0.103. The molecule has 1 heterocycles. The van der Waals surface area contributed by atoms with Crippen molar-refractivity contribution in [1.29, 1.82) is 0 Å². The van der Waals surface area contributed by atoms with Crippen molar-refractivity contribution in [3.8, 4) is 0 Å². The summed E-state index contributed by atoms with van der Waals surface area (Å²) < 4.78 is 4.97. The van der Waals surface area contributed by atoms with Crippen molar-refractivity contribution in [2.45, 2.75) is 26.8 Å². The molecule has 0 atom stereocenters. The van der Waals surface area contributed by atoms with Crippen LogP contribution in [0.5, 0.6) is 0 Å². The molecule has 2 rings (SSSR count). The third-order valence-corrected chi connectivity index (χ3v) is 2.46. The number of rotatable bonds is 4. The molecule has 0 aliphatic heterocycles. The van der Waals surface area contributed by atoms with E-state index in [2.05, 4.69) is 21.1 Å². The lowest BCUT2D eigenvalue weighted by atomic mass is 10.3. The van der Waals surface area contributed by atoms with Crippen molar-refractivity contribution < 1.29 is 9.32 Å². The Morgan fingerprint density at radius 1 is 1.20 bits per heavy atom. The Morgan fingerprint density at radius 3 is 2.40 bits per heavy atom. The molecule has 0 unspecified atom stereocenters. The Hall–Kier alpha value is -2.50. The average Bonchev–Trinajstić information content (AvgIpc) is 2.76. The van der Waals surface area contributed by atoms with E-state index in [0.29, 0.717) is 5.82 Å². The van der Waals surface area contributed by atoms with Gasteiger partial charge in [0.25, 0.3) is 0 Å². The Morgan fingerprint density at radius 2 is 1.85 bits per heavy atom. The van der Waals surface area contributed by atoms with E-state index in [9.17, 15) is 4.79 Å². The molecule has 0 saturated carbocycles. The van der Waals surface area contributed by atoms with E-state index < -0.39 is 0 Å². The monoisotopic (exact) mass is 274 g/mol. The van der Waals surface area contributed by atoms with E-state index in [4.69, 9.17) is 4.52 Å². The number of urea groups is 1.